The van der Waals surface area contributed by atoms with Crippen LogP contribution in [0.4, 0.5) is 0 Å². The molecule has 0 bridgehead atoms. The highest BCUT2D eigenvalue weighted by Crippen LogP contribution is 2.28. The lowest BCUT2D eigenvalue weighted by Gasteiger charge is -2.11. The predicted molar refractivity (Wildman–Crippen MR) is 137 cm³/mol. The molecule has 0 saturated carbocycles. The smallest absolute Gasteiger partial charge is 0.188 e. The molecule has 3 N–H and O–H groups in total. The van der Waals surface area contributed by atoms with Crippen molar-refractivity contribution in [2.24, 2.45) is 0 Å². The van der Waals surface area contributed by atoms with Gasteiger partial charge in [-0.2, -0.15) is 0 Å². The second-order valence-corrected chi connectivity index (χ2v) is 7.62. The molecule has 2 rings (SSSR count). The summed E-state index contributed by atoms with van der Waals surface area (Å²) in [4.78, 5) is 13.0. The van der Waals surface area contributed by atoms with Gasteiger partial charge in [0.2, 0.25) is 0 Å². The lowest BCUT2D eigenvalue weighted by Crippen LogP contribution is -2.06. The molecule has 0 radical (unpaired) electrons. The number of hydrogen-bond donors (Lipinski definition) is 3. The lowest BCUT2D eigenvalue weighted by atomic mass is 10.0. The van der Waals surface area contributed by atoms with E-state index >= 15 is 0 Å². The summed E-state index contributed by atoms with van der Waals surface area (Å²) in [6.45, 7) is 3.31. The van der Waals surface area contributed by atoms with Gasteiger partial charge in [0.05, 0.1) is 33.2 Å². The monoisotopic (exact) mass is 496 g/mol. The Morgan fingerprint density at radius 2 is 1.53 bits per heavy atom. The van der Waals surface area contributed by atoms with E-state index in [1.54, 1.807) is 48.6 Å². The summed E-state index contributed by atoms with van der Waals surface area (Å²) in [7, 11) is 4.53. The van der Waals surface area contributed by atoms with E-state index in [1.165, 1.54) is 33.5 Å². The van der Waals surface area contributed by atoms with Crippen LogP contribution in [-0.2, 0) is 27.5 Å². The number of aliphatic hydroxyl groups excluding tert-OH is 3. The van der Waals surface area contributed by atoms with Gasteiger partial charge in [-0.25, -0.2) is 0 Å². The van der Waals surface area contributed by atoms with Gasteiger partial charge in [0.1, 0.15) is 5.76 Å². The molecule has 36 heavy (non-hydrogen) atoms. The van der Waals surface area contributed by atoms with Crippen LogP contribution >= 0.6 is 0 Å². The minimum Gasteiger partial charge on any atom is -0.508 e. The molecule has 2 aromatic carbocycles. The van der Waals surface area contributed by atoms with E-state index in [0.29, 0.717) is 28.2 Å². The van der Waals surface area contributed by atoms with E-state index in [0.717, 1.165) is 5.56 Å². The fourth-order valence-corrected chi connectivity index (χ4v) is 3.25. The van der Waals surface area contributed by atoms with Gasteiger partial charge in [-0.1, -0.05) is 36.9 Å². The Bertz CT molecular complexity index is 1140. The maximum atomic E-state index is 13.0. The third-order valence-electron chi connectivity index (χ3n) is 5.20. The van der Waals surface area contributed by atoms with Crippen molar-refractivity contribution in [3.63, 3.8) is 0 Å². The summed E-state index contributed by atoms with van der Waals surface area (Å²) >= 11 is 0. The van der Waals surface area contributed by atoms with Gasteiger partial charge in [-0.15, -0.1) is 0 Å². The average molecular weight is 497 g/mol. The number of ketones is 1. The van der Waals surface area contributed by atoms with Gasteiger partial charge in [0.25, 0.3) is 0 Å². The van der Waals surface area contributed by atoms with Crippen molar-refractivity contribution in [3.8, 4) is 11.5 Å². The highest BCUT2D eigenvalue weighted by Gasteiger charge is 2.14. The van der Waals surface area contributed by atoms with Gasteiger partial charge in [0.15, 0.2) is 24.1 Å². The van der Waals surface area contributed by atoms with Crippen LogP contribution < -0.4 is 9.47 Å². The van der Waals surface area contributed by atoms with Crippen molar-refractivity contribution in [2.75, 3.05) is 28.1 Å². The first-order valence-corrected chi connectivity index (χ1v) is 11.0. The van der Waals surface area contributed by atoms with E-state index < -0.39 is 5.78 Å². The van der Waals surface area contributed by atoms with Crippen LogP contribution in [0.5, 0.6) is 11.5 Å². The molecular formula is C28H32O8. The van der Waals surface area contributed by atoms with E-state index in [2.05, 4.69) is 6.58 Å². The van der Waals surface area contributed by atoms with E-state index in [-0.39, 0.29) is 43.5 Å². The number of rotatable bonds is 14. The molecule has 0 saturated heterocycles. The average Bonchev–Trinajstić information content (AvgIpc) is 2.91. The third kappa shape index (κ3) is 8.13. The van der Waals surface area contributed by atoms with Gasteiger partial charge in [-0.05, 0) is 52.6 Å². The molecular weight excluding hydrogens is 464 g/mol. The number of methoxy groups -OCH3 is 3. The summed E-state index contributed by atoms with van der Waals surface area (Å²) < 4.78 is 20.7. The van der Waals surface area contributed by atoms with E-state index in [9.17, 15) is 20.1 Å². The van der Waals surface area contributed by atoms with Crippen LogP contribution in [0, 0.1) is 0 Å². The minimum atomic E-state index is -0.455. The summed E-state index contributed by atoms with van der Waals surface area (Å²) in [5.74, 6) is 0.628. The Morgan fingerprint density at radius 3 is 2.17 bits per heavy atom. The Labute approximate surface area is 211 Å². The van der Waals surface area contributed by atoms with Crippen molar-refractivity contribution >= 4 is 17.9 Å². The molecule has 0 amide bonds. The van der Waals surface area contributed by atoms with Gasteiger partial charge in [-0.3, -0.25) is 4.79 Å². The standard InChI is InChI=1S/C28H32O8/c1-19(36-18-33-2)13-24(25(31)10-6-20-5-9-22(16-29)23(14-20)17-30)26(32)11-7-21-8-12-27(34-3)28(15-21)35-4/h5-12,14-15,29-30,32H,1,13,16-18H2,2-4H3/b10-6+,11-7+,26-24-. The van der Waals surface area contributed by atoms with Crippen LogP contribution in [0.2, 0.25) is 0 Å². The maximum absolute atomic E-state index is 13.0. The van der Waals surface area contributed by atoms with Gasteiger partial charge in [0, 0.05) is 19.1 Å². The van der Waals surface area contributed by atoms with Crippen molar-refractivity contribution < 1.29 is 39.1 Å². The molecule has 0 spiro atoms. The number of carbonyl (C=O) groups is 1. The van der Waals surface area contributed by atoms with Crippen LogP contribution in [0.3, 0.4) is 0 Å². The summed E-state index contributed by atoms with van der Waals surface area (Å²) in [6, 6.07) is 10.3. The second kappa shape index (κ2) is 14.5. The first kappa shape index (κ1) is 28.4. The molecule has 192 valence electrons. The first-order valence-electron chi connectivity index (χ1n) is 11.0. The van der Waals surface area contributed by atoms with E-state index in [1.807, 2.05) is 0 Å². The molecule has 8 nitrogen and oxygen atoms in total. The molecule has 8 heteroatoms. The fourth-order valence-electron chi connectivity index (χ4n) is 3.25. The molecule has 0 aliphatic heterocycles. The second-order valence-electron chi connectivity index (χ2n) is 7.62. The lowest BCUT2D eigenvalue weighted by molar-refractivity contribution is -0.111. The largest absolute Gasteiger partial charge is 0.508 e. The fraction of sp³-hybridized carbons (Fsp3) is 0.250. The molecule has 0 unspecified atom stereocenters. The number of allylic oxidation sites excluding steroid dienone is 3. The molecule has 0 aliphatic carbocycles. The Morgan fingerprint density at radius 1 is 0.889 bits per heavy atom. The normalized spacial score (nSPS) is 12.0. The molecule has 0 aliphatic rings. The highest BCUT2D eigenvalue weighted by atomic mass is 16.7. The number of aliphatic hydroxyl groups is 3. The van der Waals surface area contributed by atoms with Crippen LogP contribution in [-0.4, -0.2) is 49.2 Å². The van der Waals surface area contributed by atoms with Crippen molar-refractivity contribution in [1.29, 1.82) is 0 Å². The SMILES string of the molecule is C=C(C/C(C(=O)/C=C/c1ccc(CO)c(CO)c1)=C(O)\C=C\c1ccc(OC)c(OC)c1)OCOC. The topological polar surface area (TPSA) is 115 Å². The quantitative estimate of drug-likeness (QED) is 0.153. The van der Waals surface area contributed by atoms with Crippen molar-refractivity contribution in [2.45, 2.75) is 19.6 Å². The molecule has 0 fully saturated rings. The van der Waals surface area contributed by atoms with Crippen molar-refractivity contribution in [1.82, 2.24) is 0 Å². The zero-order chi connectivity index (χ0) is 26.5. The molecule has 2 aromatic rings. The van der Waals surface area contributed by atoms with Crippen LogP contribution in [0.15, 0.2) is 72.2 Å². The van der Waals surface area contributed by atoms with Crippen molar-refractivity contribution in [3.05, 3.63) is 94.5 Å². The predicted octanol–water partition coefficient (Wildman–Crippen LogP) is 4.32. The first-order chi connectivity index (χ1) is 17.4. The molecule has 0 atom stereocenters. The van der Waals surface area contributed by atoms with Crippen LogP contribution in [0.25, 0.3) is 12.2 Å². The number of hydrogen-bond acceptors (Lipinski definition) is 8. The number of carbonyl (C=O) groups excluding carboxylic acids is 1. The zero-order valence-corrected chi connectivity index (χ0v) is 20.7. The number of benzene rings is 2. The highest BCUT2D eigenvalue weighted by molar-refractivity contribution is 6.07. The molecule has 0 heterocycles. The van der Waals surface area contributed by atoms with Gasteiger partial charge >= 0.3 is 0 Å². The Balaban J connectivity index is 2.35. The van der Waals surface area contributed by atoms with Gasteiger partial charge < -0.3 is 34.3 Å². The van der Waals surface area contributed by atoms with Crippen LogP contribution in [0.1, 0.15) is 28.7 Å². The van der Waals surface area contributed by atoms with E-state index in [4.69, 9.17) is 18.9 Å². The Hall–Kier alpha value is -3.85. The maximum Gasteiger partial charge on any atom is 0.188 e. The third-order valence-corrected chi connectivity index (χ3v) is 5.20. The summed E-state index contributed by atoms with van der Waals surface area (Å²) in [6.07, 6.45) is 5.88. The summed E-state index contributed by atoms with van der Waals surface area (Å²) in [5.41, 5.74) is 2.60. The summed E-state index contributed by atoms with van der Waals surface area (Å²) in [5, 5.41) is 29.6. The zero-order valence-electron chi connectivity index (χ0n) is 20.7. The minimum absolute atomic E-state index is 0.0417. The molecule has 0 aromatic heterocycles. The Kier molecular flexibility index (Phi) is 11.5. The number of ether oxygens (including phenoxy) is 4.